The third-order valence-corrected chi connectivity index (χ3v) is 6.61. The van der Waals surface area contributed by atoms with Gasteiger partial charge in [-0.05, 0) is 36.6 Å². The minimum atomic E-state index is -0.449. The molecule has 1 saturated carbocycles. The lowest BCUT2D eigenvalue weighted by molar-refractivity contribution is -0.122. The number of nitrogens with one attached hydrogen (secondary N) is 3. The van der Waals surface area contributed by atoms with Crippen molar-refractivity contribution in [2.75, 3.05) is 24.8 Å². The summed E-state index contributed by atoms with van der Waals surface area (Å²) >= 11 is 0. The fourth-order valence-corrected chi connectivity index (χ4v) is 4.67. The summed E-state index contributed by atoms with van der Waals surface area (Å²) in [6.45, 7) is 0.302. The molecule has 0 spiro atoms. The number of amides is 1. The first kappa shape index (κ1) is 25.0. The molecule has 1 aliphatic carbocycles. The Morgan fingerprint density at radius 2 is 1.97 bits per heavy atom. The number of ether oxygens (including phenoxy) is 1. The molecule has 3 aromatic rings. The summed E-state index contributed by atoms with van der Waals surface area (Å²) in [6, 6.07) is 12.6. The molecule has 0 bridgehead atoms. The Hall–Kier alpha value is -4.06. The van der Waals surface area contributed by atoms with Gasteiger partial charge in [0.05, 0.1) is 18.7 Å². The van der Waals surface area contributed by atoms with Crippen molar-refractivity contribution < 1.29 is 9.53 Å². The molecule has 0 radical (unpaired) electrons. The van der Waals surface area contributed by atoms with Crippen LogP contribution in [0.3, 0.4) is 0 Å². The number of carbonyl (C=O) groups is 1. The van der Waals surface area contributed by atoms with Crippen molar-refractivity contribution in [2.45, 2.75) is 51.1 Å². The van der Waals surface area contributed by atoms with Gasteiger partial charge in [0.2, 0.25) is 11.9 Å². The van der Waals surface area contributed by atoms with E-state index in [4.69, 9.17) is 10.00 Å². The summed E-state index contributed by atoms with van der Waals surface area (Å²) in [6.07, 6.45) is 10.5. The number of nitriles is 1. The van der Waals surface area contributed by atoms with Crippen molar-refractivity contribution in [2.24, 2.45) is 5.92 Å². The number of hydrogen-bond donors (Lipinski definition) is 3. The molecule has 1 aliphatic rings. The molecule has 4 rings (SSSR count). The van der Waals surface area contributed by atoms with Crippen molar-refractivity contribution in [3.8, 4) is 17.6 Å². The first-order valence-corrected chi connectivity index (χ1v) is 12.4. The van der Waals surface area contributed by atoms with Gasteiger partial charge in [0.1, 0.15) is 23.4 Å². The molecule has 0 saturated heterocycles. The lowest BCUT2D eigenvalue weighted by Crippen LogP contribution is -2.41. The van der Waals surface area contributed by atoms with Crippen LogP contribution >= 0.6 is 0 Å². The Morgan fingerprint density at radius 3 is 2.67 bits per heavy atom. The molecule has 188 valence electrons. The highest BCUT2D eigenvalue weighted by Crippen LogP contribution is 2.29. The molecular formula is C27H33N7O2. The monoisotopic (exact) mass is 487 g/mol. The van der Waals surface area contributed by atoms with Gasteiger partial charge in [-0.15, -0.1) is 0 Å². The van der Waals surface area contributed by atoms with Crippen LogP contribution in [-0.4, -0.2) is 40.6 Å². The largest absolute Gasteiger partial charge is 0.496 e. The highest BCUT2D eigenvalue weighted by molar-refractivity contribution is 5.84. The van der Waals surface area contributed by atoms with Gasteiger partial charge < -0.3 is 25.3 Å². The maximum atomic E-state index is 13.5. The normalized spacial score (nSPS) is 14.5. The maximum Gasteiger partial charge on any atom is 0.242 e. The summed E-state index contributed by atoms with van der Waals surface area (Å²) in [5.74, 6) is 2.74. The molecule has 36 heavy (non-hydrogen) atoms. The Bertz CT molecular complexity index is 1200. The first-order valence-electron chi connectivity index (χ1n) is 12.4. The molecule has 0 unspecified atom stereocenters. The van der Waals surface area contributed by atoms with E-state index in [9.17, 15) is 4.79 Å². The molecule has 9 heteroatoms. The quantitative estimate of drug-likeness (QED) is 0.391. The third kappa shape index (κ3) is 6.33. The van der Waals surface area contributed by atoms with Crippen LogP contribution < -0.4 is 20.7 Å². The number of rotatable bonds is 10. The number of methoxy groups -OCH3 is 1. The zero-order chi connectivity index (χ0) is 25.3. The van der Waals surface area contributed by atoms with Crippen molar-refractivity contribution in [3.63, 3.8) is 0 Å². The van der Waals surface area contributed by atoms with Crippen molar-refractivity contribution >= 4 is 17.7 Å². The molecule has 2 heterocycles. The zero-order valence-corrected chi connectivity index (χ0v) is 20.8. The van der Waals surface area contributed by atoms with E-state index in [-0.39, 0.29) is 5.91 Å². The third-order valence-electron chi connectivity index (χ3n) is 6.61. The highest BCUT2D eigenvalue weighted by atomic mass is 16.5. The van der Waals surface area contributed by atoms with Crippen LogP contribution in [0.5, 0.6) is 5.75 Å². The van der Waals surface area contributed by atoms with Gasteiger partial charge in [-0.2, -0.15) is 15.2 Å². The second-order valence-corrected chi connectivity index (χ2v) is 9.07. The van der Waals surface area contributed by atoms with E-state index in [1.54, 1.807) is 26.3 Å². The van der Waals surface area contributed by atoms with E-state index in [0.29, 0.717) is 41.4 Å². The molecule has 1 aromatic carbocycles. The minimum Gasteiger partial charge on any atom is -0.496 e. The van der Waals surface area contributed by atoms with Crippen LogP contribution in [0.1, 0.15) is 49.7 Å². The molecule has 1 fully saturated rings. The molecule has 2 aromatic heterocycles. The van der Waals surface area contributed by atoms with Gasteiger partial charge >= 0.3 is 0 Å². The van der Waals surface area contributed by atoms with Gasteiger partial charge in [-0.25, -0.2) is 0 Å². The second kappa shape index (κ2) is 12.1. The number of hydrogen-bond acceptors (Lipinski definition) is 7. The first-order chi connectivity index (χ1) is 17.6. The lowest BCUT2D eigenvalue weighted by Gasteiger charge is -2.27. The number of benzene rings is 1. The van der Waals surface area contributed by atoms with Crippen LogP contribution in [0.25, 0.3) is 5.82 Å². The fraction of sp³-hybridized carbons (Fsp3) is 0.407. The van der Waals surface area contributed by atoms with E-state index in [1.807, 2.05) is 41.2 Å². The van der Waals surface area contributed by atoms with Crippen LogP contribution in [0.4, 0.5) is 11.8 Å². The molecule has 1 atom stereocenters. The maximum absolute atomic E-state index is 13.5. The second-order valence-electron chi connectivity index (χ2n) is 9.07. The van der Waals surface area contributed by atoms with Gasteiger partial charge in [-0.1, -0.05) is 38.2 Å². The van der Waals surface area contributed by atoms with Crippen molar-refractivity contribution in [1.29, 1.82) is 5.26 Å². The lowest BCUT2D eigenvalue weighted by atomic mass is 9.84. The topological polar surface area (TPSA) is 117 Å². The van der Waals surface area contributed by atoms with E-state index in [0.717, 1.165) is 24.8 Å². The summed E-state index contributed by atoms with van der Waals surface area (Å²) in [4.78, 5) is 22.6. The van der Waals surface area contributed by atoms with Gasteiger partial charge in [0, 0.05) is 37.6 Å². The molecular weight excluding hydrogens is 454 g/mol. The Morgan fingerprint density at radius 1 is 1.19 bits per heavy atom. The van der Waals surface area contributed by atoms with Gasteiger partial charge in [0.25, 0.3) is 0 Å². The van der Waals surface area contributed by atoms with E-state index in [2.05, 4.69) is 32.0 Å². The average Bonchev–Trinajstić information content (AvgIpc) is 3.47. The minimum absolute atomic E-state index is 0.0980. The highest BCUT2D eigenvalue weighted by Gasteiger charge is 2.25. The summed E-state index contributed by atoms with van der Waals surface area (Å²) in [7, 11) is 3.34. The number of anilines is 2. The number of aromatic nitrogens is 3. The van der Waals surface area contributed by atoms with Crippen LogP contribution in [-0.2, 0) is 11.3 Å². The Labute approximate surface area is 211 Å². The molecule has 9 nitrogen and oxygen atoms in total. The number of carbonyl (C=O) groups excluding carboxylic acids is 1. The summed E-state index contributed by atoms with van der Waals surface area (Å²) < 4.78 is 7.33. The van der Waals surface area contributed by atoms with Crippen molar-refractivity contribution in [1.82, 2.24) is 19.9 Å². The number of nitrogens with zero attached hydrogens (tertiary/aromatic N) is 4. The molecule has 0 aliphatic heterocycles. The van der Waals surface area contributed by atoms with Crippen LogP contribution in [0, 0.1) is 17.2 Å². The van der Waals surface area contributed by atoms with E-state index in [1.165, 1.54) is 19.3 Å². The van der Waals surface area contributed by atoms with Gasteiger partial charge in [0.15, 0.2) is 0 Å². The fourth-order valence-electron chi connectivity index (χ4n) is 4.67. The predicted molar refractivity (Wildman–Crippen MR) is 139 cm³/mol. The van der Waals surface area contributed by atoms with Crippen LogP contribution in [0.15, 0.2) is 48.8 Å². The average molecular weight is 488 g/mol. The summed E-state index contributed by atoms with van der Waals surface area (Å²) in [5.41, 5.74) is 1.33. The zero-order valence-electron chi connectivity index (χ0n) is 20.8. The van der Waals surface area contributed by atoms with E-state index < -0.39 is 6.04 Å². The Kier molecular flexibility index (Phi) is 8.40. The van der Waals surface area contributed by atoms with Crippen molar-refractivity contribution in [3.05, 3.63) is 59.9 Å². The smallest absolute Gasteiger partial charge is 0.242 e. The van der Waals surface area contributed by atoms with Crippen LogP contribution in [0.2, 0.25) is 0 Å². The predicted octanol–water partition coefficient (Wildman–Crippen LogP) is 4.26. The standard InChI is InChI=1S/C27H33N7O2/c1-29-27-32-24(16-25(33-27)34-12-6-7-13-34)31-22(14-19-8-4-3-5-9-19)26(35)30-18-21-11-10-20(17-28)15-23(21)36-2/h6-7,10-13,15-16,19,22H,3-5,8-9,14,18H2,1-2H3,(H,30,35)(H2,29,31,32,33)/t22-/m0/s1. The van der Waals surface area contributed by atoms with E-state index >= 15 is 0 Å². The molecule has 3 N–H and O–H groups in total. The Balaban J connectivity index is 1.54. The summed E-state index contributed by atoms with van der Waals surface area (Å²) in [5, 5.41) is 18.6. The van der Waals surface area contributed by atoms with Gasteiger partial charge in [-0.3, -0.25) is 4.79 Å². The SMILES string of the molecule is CNc1nc(N[C@@H](CC2CCCCC2)C(=O)NCc2ccc(C#N)cc2OC)cc(-n2cccc2)n1. The molecule has 1 amide bonds.